The van der Waals surface area contributed by atoms with Crippen molar-refractivity contribution >= 4 is 56.1 Å². The van der Waals surface area contributed by atoms with Gasteiger partial charge in [-0.2, -0.15) is 4.98 Å². The van der Waals surface area contributed by atoms with Crippen LogP contribution in [0.25, 0.3) is 0 Å². The Balaban J connectivity index is 1.57. The van der Waals surface area contributed by atoms with Crippen LogP contribution >= 0.6 is 11.6 Å². The molecule has 6 rings (SSSR count). The monoisotopic (exact) mass is 643 g/mol. The highest BCUT2D eigenvalue weighted by Crippen LogP contribution is 2.39. The van der Waals surface area contributed by atoms with Crippen LogP contribution in [0.4, 0.5) is 34.5 Å². The number of ether oxygens (including phenoxy) is 2. The van der Waals surface area contributed by atoms with Gasteiger partial charge in [-0.25, -0.2) is 13.4 Å². The number of sulfonamides is 1. The molecule has 0 atom stereocenters. The Bertz CT molecular complexity index is 1580. The van der Waals surface area contributed by atoms with Crippen molar-refractivity contribution in [3.05, 3.63) is 47.1 Å². The van der Waals surface area contributed by atoms with Crippen molar-refractivity contribution in [3.8, 4) is 11.5 Å². The third-order valence-corrected chi connectivity index (χ3v) is 9.26. The summed E-state index contributed by atoms with van der Waals surface area (Å²) in [6, 6.07) is 9.59. The number of halogens is 1. The lowest BCUT2D eigenvalue weighted by atomic mass is 10.0. The van der Waals surface area contributed by atoms with Crippen molar-refractivity contribution < 1.29 is 17.9 Å². The smallest absolute Gasteiger partial charge is 0.232 e. The molecule has 11 nitrogen and oxygen atoms in total. The number of nitrogens with one attached hydrogen (secondary N) is 2. The zero-order valence-electron chi connectivity index (χ0n) is 26.1. The van der Waals surface area contributed by atoms with E-state index in [1.165, 1.54) is 28.8 Å². The van der Waals surface area contributed by atoms with Crippen molar-refractivity contribution in [3.63, 3.8) is 0 Å². The molecule has 0 amide bonds. The minimum Gasteiger partial charge on any atom is -0.494 e. The van der Waals surface area contributed by atoms with Gasteiger partial charge in [0.15, 0.2) is 5.82 Å². The van der Waals surface area contributed by atoms with Crippen LogP contribution in [0, 0.1) is 0 Å². The molecule has 2 N–H and O–H groups in total. The Morgan fingerprint density at radius 2 is 1.82 bits per heavy atom. The molecule has 0 aliphatic carbocycles. The predicted octanol–water partition coefficient (Wildman–Crippen LogP) is 5.66. The molecular weight excluding hydrogens is 602 g/mol. The van der Waals surface area contributed by atoms with E-state index in [9.17, 15) is 8.42 Å². The van der Waals surface area contributed by atoms with Crippen molar-refractivity contribution in [2.24, 2.45) is 0 Å². The van der Waals surface area contributed by atoms with Crippen LogP contribution in [0.1, 0.15) is 38.7 Å². The molecule has 0 unspecified atom stereocenters. The quantitative estimate of drug-likeness (QED) is 0.361. The number of fused-ring (bicyclic) bond motifs is 7. The first-order valence-electron chi connectivity index (χ1n) is 15.0. The van der Waals surface area contributed by atoms with E-state index in [0.29, 0.717) is 35.5 Å². The molecule has 44 heavy (non-hydrogen) atoms. The third-order valence-electron chi connectivity index (χ3n) is 7.80. The molecule has 4 heterocycles. The zero-order valence-corrected chi connectivity index (χ0v) is 27.6. The summed E-state index contributed by atoms with van der Waals surface area (Å²) in [6.07, 6.45) is 6.36. The first kappa shape index (κ1) is 31.9. The second-order valence-electron chi connectivity index (χ2n) is 11.6. The highest BCUT2D eigenvalue weighted by molar-refractivity contribution is 7.92. The van der Waals surface area contributed by atoms with Crippen molar-refractivity contribution in [2.75, 3.05) is 73.0 Å². The number of aryl methyl sites for hydroxylation is 1. The van der Waals surface area contributed by atoms with E-state index in [-0.39, 0.29) is 11.1 Å². The normalized spacial score (nSPS) is 16.4. The van der Waals surface area contributed by atoms with Crippen LogP contribution in [-0.2, 0) is 16.4 Å². The Kier molecular flexibility index (Phi) is 9.91. The average Bonchev–Trinajstić information content (AvgIpc) is 2.97. The second kappa shape index (κ2) is 13.7. The van der Waals surface area contributed by atoms with Crippen LogP contribution in [0.15, 0.2) is 36.5 Å². The van der Waals surface area contributed by atoms with Gasteiger partial charge in [0.05, 0.1) is 42.2 Å². The maximum Gasteiger partial charge on any atom is 0.232 e. The van der Waals surface area contributed by atoms with Crippen molar-refractivity contribution in [1.29, 1.82) is 0 Å². The molecule has 3 aromatic rings. The van der Waals surface area contributed by atoms with Gasteiger partial charge in [-0.05, 0) is 70.3 Å². The molecule has 6 bridgehead atoms. The molecule has 13 heteroatoms. The SMILES string of the molecule is CC(C)Oc1cc(N2CCN(C)CC2)c2cc1Nc1ncc(Cl)c(n1)Nc1ccc(cc1N(C)S(C)(=O)=O)OCCCCC2. The minimum absolute atomic E-state index is 0.0381. The number of hydrogen-bond acceptors (Lipinski definition) is 10. The molecular formula is C31H42ClN7O4S. The van der Waals surface area contributed by atoms with Crippen LogP contribution in [0.2, 0.25) is 5.02 Å². The Labute approximate surface area is 265 Å². The molecule has 1 saturated heterocycles. The predicted molar refractivity (Wildman–Crippen MR) is 178 cm³/mol. The highest BCUT2D eigenvalue weighted by atomic mass is 35.5. The summed E-state index contributed by atoms with van der Waals surface area (Å²) in [4.78, 5) is 13.9. The number of hydrogen-bond donors (Lipinski definition) is 2. The van der Waals surface area contributed by atoms with E-state index >= 15 is 0 Å². The van der Waals surface area contributed by atoms with Crippen LogP contribution in [-0.4, -0.2) is 82.5 Å². The molecule has 0 radical (unpaired) electrons. The van der Waals surface area contributed by atoms with E-state index in [1.54, 1.807) is 12.1 Å². The topological polar surface area (TPSA) is 112 Å². The minimum atomic E-state index is -3.56. The Morgan fingerprint density at radius 1 is 1.05 bits per heavy atom. The third kappa shape index (κ3) is 7.77. The maximum absolute atomic E-state index is 12.5. The zero-order chi connectivity index (χ0) is 31.4. The number of likely N-dealkylation sites (N-methyl/N-ethyl adjacent to an activating group) is 1. The van der Waals surface area contributed by atoms with Crippen molar-refractivity contribution in [1.82, 2.24) is 14.9 Å². The number of benzene rings is 2. The first-order valence-corrected chi connectivity index (χ1v) is 17.2. The molecule has 0 spiro atoms. The second-order valence-corrected chi connectivity index (χ2v) is 14.1. The number of anilines is 6. The fraction of sp³-hybridized carbons (Fsp3) is 0.484. The van der Waals surface area contributed by atoms with E-state index < -0.39 is 10.0 Å². The number of aromatic nitrogens is 2. The van der Waals surface area contributed by atoms with Gasteiger partial charge >= 0.3 is 0 Å². The summed E-state index contributed by atoms with van der Waals surface area (Å²) >= 11 is 6.54. The van der Waals surface area contributed by atoms with E-state index in [4.69, 9.17) is 21.1 Å². The Hall–Kier alpha value is -3.48. The van der Waals surface area contributed by atoms with Crippen molar-refractivity contribution in [2.45, 2.75) is 45.6 Å². The standard InChI is InChI=1S/C31H42ClN7O4S/c1-21(2)43-29-19-27(39-14-12-37(3)13-15-39)22-9-7-6-8-16-42-23-10-11-25(28(18-23)38(4)44(5,40)41)34-30-24(32)20-33-31(36-30)35-26(29)17-22/h10-11,17-21H,6-9,12-16H2,1-5H3,(H2,33,34,35,36). The summed E-state index contributed by atoms with van der Waals surface area (Å²) in [7, 11) is 0.102. The van der Waals surface area contributed by atoms with E-state index in [2.05, 4.69) is 49.6 Å². The lowest BCUT2D eigenvalue weighted by Crippen LogP contribution is -2.44. The van der Waals surface area contributed by atoms with Gasteiger partial charge in [0, 0.05) is 51.0 Å². The number of rotatable bonds is 5. The summed E-state index contributed by atoms with van der Waals surface area (Å²) in [5.41, 5.74) is 4.12. The first-order chi connectivity index (χ1) is 21.0. The fourth-order valence-electron chi connectivity index (χ4n) is 5.30. The van der Waals surface area contributed by atoms with Gasteiger partial charge in [-0.1, -0.05) is 11.6 Å². The number of nitrogens with zero attached hydrogens (tertiary/aromatic N) is 5. The van der Waals surface area contributed by atoms with Gasteiger partial charge in [0.1, 0.15) is 16.5 Å². The molecule has 1 aromatic heterocycles. The summed E-state index contributed by atoms with van der Waals surface area (Å²) in [6.45, 7) is 8.47. The summed E-state index contributed by atoms with van der Waals surface area (Å²) in [5.74, 6) is 1.95. The summed E-state index contributed by atoms with van der Waals surface area (Å²) in [5, 5.41) is 6.88. The van der Waals surface area contributed by atoms with Gasteiger partial charge in [-0.3, -0.25) is 4.31 Å². The van der Waals surface area contributed by atoms with E-state index in [1.807, 2.05) is 19.9 Å². The van der Waals surface area contributed by atoms with Gasteiger partial charge < -0.3 is 29.9 Å². The van der Waals surface area contributed by atoms with Gasteiger partial charge in [0.25, 0.3) is 0 Å². The average molecular weight is 644 g/mol. The van der Waals surface area contributed by atoms with Crippen LogP contribution in [0.5, 0.6) is 11.5 Å². The molecule has 3 aliphatic rings. The highest BCUT2D eigenvalue weighted by Gasteiger charge is 2.22. The van der Waals surface area contributed by atoms with Gasteiger partial charge in [-0.15, -0.1) is 0 Å². The van der Waals surface area contributed by atoms with Crippen LogP contribution < -0.4 is 29.3 Å². The molecule has 3 aliphatic heterocycles. The number of piperazine rings is 1. The maximum atomic E-state index is 12.5. The van der Waals surface area contributed by atoms with Crippen LogP contribution in [0.3, 0.4) is 0 Å². The lowest BCUT2D eigenvalue weighted by Gasteiger charge is -2.36. The molecule has 238 valence electrons. The molecule has 2 aromatic carbocycles. The largest absolute Gasteiger partial charge is 0.494 e. The lowest BCUT2D eigenvalue weighted by molar-refractivity contribution is 0.243. The Morgan fingerprint density at radius 3 is 2.55 bits per heavy atom. The summed E-state index contributed by atoms with van der Waals surface area (Å²) < 4.78 is 38.6. The molecule has 0 saturated carbocycles. The fourth-order valence-corrected chi connectivity index (χ4v) is 5.95. The van der Waals surface area contributed by atoms with E-state index in [0.717, 1.165) is 69.6 Å². The molecule has 1 fully saturated rings. The van der Waals surface area contributed by atoms with Gasteiger partial charge in [0.2, 0.25) is 16.0 Å².